The predicted octanol–water partition coefficient (Wildman–Crippen LogP) is 1.76. The number of H-pyrrole nitrogens is 1. The Morgan fingerprint density at radius 3 is 2.89 bits per heavy atom. The number of benzene rings is 1. The summed E-state index contributed by atoms with van der Waals surface area (Å²) in [4.78, 5) is 18.8. The quantitative estimate of drug-likeness (QED) is 0.497. The molecule has 27 heavy (non-hydrogen) atoms. The molecule has 4 aromatic rings. The smallest absolute Gasteiger partial charge is 0.248 e. The molecule has 0 radical (unpaired) electrons. The van der Waals surface area contributed by atoms with E-state index < -0.39 is 0 Å². The van der Waals surface area contributed by atoms with Crippen molar-refractivity contribution in [2.45, 2.75) is 13.2 Å². The van der Waals surface area contributed by atoms with Crippen molar-refractivity contribution in [3.63, 3.8) is 0 Å². The molecule has 0 aliphatic heterocycles. The molecule has 4 N–H and O–H groups in total. The highest BCUT2D eigenvalue weighted by Gasteiger charge is 2.10. The standard InChI is InChI=1S/C19H17N5O3/c20-19-17(9-13-8-12(10-25)2-3-14(13)23-19)27-11-15-16(4-5-18(26)22-15)24-7-1-6-21-24/h1-9,25H,10-11H2,(H2,20,23)(H,22,26). The Bertz CT molecular complexity index is 1150. The third-order valence-electron chi connectivity index (χ3n) is 4.15. The molecule has 0 aliphatic carbocycles. The van der Waals surface area contributed by atoms with Crippen molar-refractivity contribution in [2.24, 2.45) is 0 Å². The minimum Gasteiger partial charge on any atom is -0.483 e. The fourth-order valence-corrected chi connectivity index (χ4v) is 2.83. The van der Waals surface area contributed by atoms with Crippen LogP contribution in [0.3, 0.4) is 0 Å². The first-order valence-electron chi connectivity index (χ1n) is 8.29. The molecule has 0 atom stereocenters. The summed E-state index contributed by atoms with van der Waals surface area (Å²) in [6.07, 6.45) is 3.43. The Labute approximate surface area is 153 Å². The van der Waals surface area contributed by atoms with Gasteiger partial charge in [-0.25, -0.2) is 9.67 Å². The number of pyridine rings is 2. The minimum absolute atomic E-state index is 0.0605. The van der Waals surface area contributed by atoms with Gasteiger partial charge in [0.2, 0.25) is 5.56 Å². The molecule has 0 amide bonds. The highest BCUT2D eigenvalue weighted by molar-refractivity contribution is 5.83. The summed E-state index contributed by atoms with van der Waals surface area (Å²) in [7, 11) is 0. The van der Waals surface area contributed by atoms with Crippen LogP contribution in [-0.4, -0.2) is 24.9 Å². The molecule has 0 aliphatic rings. The SMILES string of the molecule is Nc1nc2ccc(CO)cc2cc1OCc1[nH]c(=O)ccc1-n1cccn1. The van der Waals surface area contributed by atoms with Crippen LogP contribution in [0.5, 0.6) is 5.75 Å². The zero-order chi connectivity index (χ0) is 18.8. The number of hydrogen-bond acceptors (Lipinski definition) is 6. The maximum atomic E-state index is 11.7. The summed E-state index contributed by atoms with van der Waals surface area (Å²) < 4.78 is 7.48. The van der Waals surface area contributed by atoms with Crippen LogP contribution >= 0.6 is 0 Å². The van der Waals surface area contributed by atoms with Crippen LogP contribution in [0.25, 0.3) is 16.6 Å². The van der Waals surface area contributed by atoms with Crippen LogP contribution < -0.4 is 16.0 Å². The third kappa shape index (κ3) is 3.38. The van der Waals surface area contributed by atoms with Crippen LogP contribution in [0.1, 0.15) is 11.3 Å². The molecule has 0 unspecified atom stereocenters. The number of hydrogen-bond donors (Lipinski definition) is 3. The van der Waals surface area contributed by atoms with Gasteiger partial charge in [0.05, 0.1) is 23.5 Å². The molecule has 8 nitrogen and oxygen atoms in total. The molecule has 0 saturated carbocycles. The molecule has 0 bridgehead atoms. The van der Waals surface area contributed by atoms with Crippen molar-refractivity contribution in [1.29, 1.82) is 0 Å². The van der Waals surface area contributed by atoms with Gasteiger partial charge < -0.3 is 20.6 Å². The summed E-state index contributed by atoms with van der Waals surface area (Å²) in [5, 5.41) is 14.3. The van der Waals surface area contributed by atoms with Crippen molar-refractivity contribution in [1.82, 2.24) is 19.7 Å². The first-order valence-corrected chi connectivity index (χ1v) is 8.29. The van der Waals surface area contributed by atoms with E-state index in [1.165, 1.54) is 6.07 Å². The average Bonchev–Trinajstić information content (AvgIpc) is 3.20. The molecule has 8 heteroatoms. The van der Waals surface area contributed by atoms with Crippen molar-refractivity contribution >= 4 is 16.7 Å². The molecule has 0 fully saturated rings. The van der Waals surface area contributed by atoms with Gasteiger partial charge in [0.1, 0.15) is 6.61 Å². The Morgan fingerprint density at radius 2 is 2.11 bits per heavy atom. The van der Waals surface area contributed by atoms with E-state index in [-0.39, 0.29) is 24.6 Å². The van der Waals surface area contributed by atoms with E-state index in [1.54, 1.807) is 47.4 Å². The highest BCUT2D eigenvalue weighted by atomic mass is 16.5. The zero-order valence-electron chi connectivity index (χ0n) is 14.3. The number of aromatic nitrogens is 4. The molecule has 3 aromatic heterocycles. The molecule has 136 valence electrons. The molecule has 0 saturated heterocycles. The van der Waals surface area contributed by atoms with E-state index in [4.69, 9.17) is 10.5 Å². The monoisotopic (exact) mass is 363 g/mol. The fourth-order valence-electron chi connectivity index (χ4n) is 2.83. The number of aliphatic hydroxyl groups excluding tert-OH is 1. The number of anilines is 1. The van der Waals surface area contributed by atoms with Crippen molar-refractivity contribution in [3.05, 3.63) is 76.5 Å². The Balaban J connectivity index is 1.67. The van der Waals surface area contributed by atoms with E-state index in [2.05, 4.69) is 15.1 Å². The second kappa shape index (κ2) is 6.93. The number of ether oxygens (including phenoxy) is 1. The van der Waals surface area contributed by atoms with Crippen LogP contribution in [0.15, 0.2) is 59.7 Å². The van der Waals surface area contributed by atoms with Gasteiger partial charge in [-0.2, -0.15) is 5.10 Å². The predicted molar refractivity (Wildman–Crippen MR) is 101 cm³/mol. The summed E-state index contributed by atoms with van der Waals surface area (Å²) in [6.45, 7) is 0.0251. The van der Waals surface area contributed by atoms with Gasteiger partial charge in [-0.1, -0.05) is 6.07 Å². The maximum absolute atomic E-state index is 11.7. The van der Waals surface area contributed by atoms with Gasteiger partial charge in [0.25, 0.3) is 0 Å². The number of aliphatic hydroxyl groups is 1. The number of fused-ring (bicyclic) bond motifs is 1. The molecule has 3 heterocycles. The lowest BCUT2D eigenvalue weighted by Crippen LogP contribution is -2.14. The second-order valence-electron chi connectivity index (χ2n) is 5.98. The number of nitrogen functional groups attached to an aromatic ring is 1. The number of nitrogens with one attached hydrogen (secondary N) is 1. The van der Waals surface area contributed by atoms with Crippen LogP contribution in [0.2, 0.25) is 0 Å². The number of rotatable bonds is 5. The summed E-state index contributed by atoms with van der Waals surface area (Å²) in [6, 6.07) is 12.1. The first-order chi connectivity index (χ1) is 13.1. The van der Waals surface area contributed by atoms with Crippen molar-refractivity contribution in [2.75, 3.05) is 5.73 Å². The van der Waals surface area contributed by atoms with E-state index in [9.17, 15) is 9.90 Å². The summed E-state index contributed by atoms with van der Waals surface area (Å²) >= 11 is 0. The Morgan fingerprint density at radius 1 is 1.22 bits per heavy atom. The third-order valence-corrected chi connectivity index (χ3v) is 4.15. The Kier molecular flexibility index (Phi) is 4.31. The number of aromatic amines is 1. The van der Waals surface area contributed by atoms with Gasteiger partial charge in [-0.05, 0) is 35.9 Å². The number of nitrogens with two attached hydrogens (primary N) is 1. The summed E-state index contributed by atoms with van der Waals surface area (Å²) in [5.74, 6) is 0.645. The van der Waals surface area contributed by atoms with E-state index >= 15 is 0 Å². The van der Waals surface area contributed by atoms with Gasteiger partial charge in [0, 0.05) is 23.8 Å². The lowest BCUT2D eigenvalue weighted by atomic mass is 10.1. The first kappa shape index (κ1) is 16.8. The van der Waals surface area contributed by atoms with Crippen LogP contribution in [-0.2, 0) is 13.2 Å². The van der Waals surface area contributed by atoms with Gasteiger partial charge in [-0.15, -0.1) is 0 Å². The normalized spacial score (nSPS) is 11.0. The summed E-state index contributed by atoms with van der Waals surface area (Å²) in [5.41, 5.74) is 8.52. The second-order valence-corrected chi connectivity index (χ2v) is 5.98. The average molecular weight is 363 g/mol. The lowest BCUT2D eigenvalue weighted by Gasteiger charge is -2.13. The van der Waals surface area contributed by atoms with E-state index in [1.807, 2.05) is 6.07 Å². The molecular weight excluding hydrogens is 346 g/mol. The lowest BCUT2D eigenvalue weighted by molar-refractivity contribution is 0.282. The maximum Gasteiger partial charge on any atom is 0.248 e. The topological polar surface area (TPSA) is 119 Å². The number of nitrogens with zero attached hydrogens (tertiary/aromatic N) is 3. The zero-order valence-corrected chi connectivity index (χ0v) is 14.3. The highest BCUT2D eigenvalue weighted by Crippen LogP contribution is 2.27. The Hall–Kier alpha value is -3.65. The molecule has 4 rings (SSSR count). The van der Waals surface area contributed by atoms with Crippen LogP contribution in [0, 0.1) is 0 Å². The van der Waals surface area contributed by atoms with Crippen LogP contribution in [0.4, 0.5) is 5.82 Å². The minimum atomic E-state index is -0.235. The van der Waals surface area contributed by atoms with E-state index in [0.717, 1.165) is 10.9 Å². The fraction of sp³-hybridized carbons (Fsp3) is 0.105. The van der Waals surface area contributed by atoms with Crippen molar-refractivity contribution < 1.29 is 9.84 Å². The molecule has 0 spiro atoms. The molecular formula is C19H17N5O3. The van der Waals surface area contributed by atoms with E-state index in [0.29, 0.717) is 22.6 Å². The van der Waals surface area contributed by atoms with Crippen molar-refractivity contribution in [3.8, 4) is 11.4 Å². The van der Waals surface area contributed by atoms with Gasteiger partial charge >= 0.3 is 0 Å². The molecule has 1 aromatic carbocycles. The largest absolute Gasteiger partial charge is 0.483 e. The van der Waals surface area contributed by atoms with Gasteiger partial charge in [-0.3, -0.25) is 4.79 Å². The van der Waals surface area contributed by atoms with Gasteiger partial charge in [0.15, 0.2) is 11.6 Å².